The van der Waals surface area contributed by atoms with Crippen LogP contribution in [0, 0.1) is 3.95 Å². The van der Waals surface area contributed by atoms with E-state index in [-0.39, 0.29) is 5.56 Å². The minimum absolute atomic E-state index is 0.193. The van der Waals surface area contributed by atoms with E-state index in [2.05, 4.69) is 9.97 Å². The number of fused-ring (bicyclic) bond motifs is 1. The van der Waals surface area contributed by atoms with E-state index in [9.17, 15) is 4.79 Å². The Hall–Kier alpha value is -2.77. The standard InChI is InChI=1S/C18H13N3O2S2/c1-23-13-9-7-11(8-10-13)15-19-16-14(17(22)20-15)25-18(24)21(16)12-5-3-2-4-6-12/h2-10H,1H3,(H,19,20,22). The van der Waals surface area contributed by atoms with E-state index in [0.717, 1.165) is 17.0 Å². The summed E-state index contributed by atoms with van der Waals surface area (Å²) in [4.78, 5) is 20.0. The van der Waals surface area contributed by atoms with Gasteiger partial charge in [0.05, 0.1) is 7.11 Å². The number of nitrogens with zero attached hydrogens (tertiary/aromatic N) is 2. The van der Waals surface area contributed by atoms with Crippen molar-refractivity contribution in [3.05, 3.63) is 68.9 Å². The fourth-order valence-electron chi connectivity index (χ4n) is 2.60. The molecule has 7 heteroatoms. The molecule has 124 valence electrons. The van der Waals surface area contributed by atoms with E-state index >= 15 is 0 Å². The number of para-hydroxylation sites is 1. The summed E-state index contributed by atoms with van der Waals surface area (Å²) in [5.41, 5.74) is 2.06. The number of nitrogens with one attached hydrogen (secondary N) is 1. The zero-order chi connectivity index (χ0) is 17.4. The smallest absolute Gasteiger partial charge is 0.270 e. The molecule has 0 saturated carbocycles. The first kappa shape index (κ1) is 15.7. The Kier molecular flexibility index (Phi) is 3.95. The maximum absolute atomic E-state index is 12.5. The van der Waals surface area contributed by atoms with Gasteiger partial charge in [-0.15, -0.1) is 0 Å². The fraction of sp³-hybridized carbons (Fsp3) is 0.0556. The van der Waals surface area contributed by atoms with Crippen molar-refractivity contribution in [2.24, 2.45) is 0 Å². The summed E-state index contributed by atoms with van der Waals surface area (Å²) in [7, 11) is 1.61. The van der Waals surface area contributed by atoms with Crippen LogP contribution in [0.5, 0.6) is 5.75 Å². The topological polar surface area (TPSA) is 59.9 Å². The molecule has 5 nitrogen and oxygen atoms in total. The highest BCUT2D eigenvalue weighted by Crippen LogP contribution is 2.25. The van der Waals surface area contributed by atoms with Crippen LogP contribution in [0.25, 0.3) is 27.4 Å². The van der Waals surface area contributed by atoms with E-state index in [1.54, 1.807) is 7.11 Å². The van der Waals surface area contributed by atoms with Gasteiger partial charge in [0.1, 0.15) is 16.3 Å². The molecule has 0 spiro atoms. The number of hydrogen-bond acceptors (Lipinski definition) is 5. The Bertz CT molecular complexity index is 1160. The summed E-state index contributed by atoms with van der Waals surface area (Å²) < 4.78 is 8.11. The average Bonchev–Trinajstić information content (AvgIpc) is 2.99. The predicted molar refractivity (Wildman–Crippen MR) is 102 cm³/mol. The van der Waals surface area contributed by atoms with Gasteiger partial charge in [0.2, 0.25) is 0 Å². The van der Waals surface area contributed by atoms with Crippen LogP contribution in [0.2, 0.25) is 0 Å². The van der Waals surface area contributed by atoms with Crippen LogP contribution in [0.1, 0.15) is 0 Å². The monoisotopic (exact) mass is 367 g/mol. The highest BCUT2D eigenvalue weighted by atomic mass is 32.1. The molecule has 0 aliphatic carbocycles. The Labute approximate surface area is 152 Å². The molecule has 4 aromatic rings. The summed E-state index contributed by atoms with van der Waals surface area (Å²) in [5.74, 6) is 1.24. The first-order valence-electron chi connectivity index (χ1n) is 7.53. The van der Waals surface area contributed by atoms with Crippen LogP contribution in [0.4, 0.5) is 0 Å². The number of benzene rings is 2. The van der Waals surface area contributed by atoms with Crippen molar-refractivity contribution < 1.29 is 4.74 Å². The van der Waals surface area contributed by atoms with Gasteiger partial charge in [-0.25, -0.2) is 4.98 Å². The van der Waals surface area contributed by atoms with Crippen molar-refractivity contribution in [2.75, 3.05) is 7.11 Å². The largest absolute Gasteiger partial charge is 0.497 e. The van der Waals surface area contributed by atoms with Crippen LogP contribution in [0.15, 0.2) is 59.4 Å². The molecular weight excluding hydrogens is 354 g/mol. The molecule has 25 heavy (non-hydrogen) atoms. The SMILES string of the molecule is COc1ccc(-c2nc3c(sc(=S)n3-c3ccccc3)c(=O)[nH]2)cc1. The van der Waals surface area contributed by atoms with Gasteiger partial charge in [-0.2, -0.15) is 0 Å². The van der Waals surface area contributed by atoms with Crippen molar-refractivity contribution in [1.82, 2.24) is 14.5 Å². The summed E-state index contributed by atoms with van der Waals surface area (Å²) in [6.45, 7) is 0. The molecule has 0 aliphatic heterocycles. The maximum Gasteiger partial charge on any atom is 0.270 e. The van der Waals surface area contributed by atoms with Gasteiger partial charge < -0.3 is 9.72 Å². The Morgan fingerprint density at radius 3 is 2.52 bits per heavy atom. The van der Waals surface area contributed by atoms with Crippen molar-refractivity contribution >= 4 is 33.9 Å². The molecular formula is C18H13N3O2S2. The third kappa shape index (κ3) is 2.77. The van der Waals surface area contributed by atoms with Crippen LogP contribution >= 0.6 is 23.6 Å². The summed E-state index contributed by atoms with van der Waals surface area (Å²) in [6, 6.07) is 17.1. The lowest BCUT2D eigenvalue weighted by molar-refractivity contribution is 0.415. The molecule has 2 aromatic carbocycles. The first-order chi connectivity index (χ1) is 12.2. The number of thiazole rings is 1. The molecule has 4 rings (SSSR count). The van der Waals surface area contributed by atoms with Crippen molar-refractivity contribution in [3.8, 4) is 22.8 Å². The Balaban J connectivity index is 1.97. The molecule has 0 atom stereocenters. The number of rotatable bonds is 3. The number of hydrogen-bond donors (Lipinski definition) is 1. The number of aromatic nitrogens is 3. The van der Waals surface area contributed by atoms with Gasteiger partial charge in [-0.3, -0.25) is 9.36 Å². The Morgan fingerprint density at radius 2 is 1.84 bits per heavy atom. The molecule has 0 aliphatic rings. The lowest BCUT2D eigenvalue weighted by Gasteiger charge is -2.06. The first-order valence-corrected chi connectivity index (χ1v) is 8.75. The highest BCUT2D eigenvalue weighted by molar-refractivity contribution is 7.73. The van der Waals surface area contributed by atoms with Crippen LogP contribution in [-0.4, -0.2) is 21.6 Å². The molecule has 0 bridgehead atoms. The van der Waals surface area contributed by atoms with Gasteiger partial charge in [0, 0.05) is 11.3 Å². The number of aromatic amines is 1. The molecule has 2 heterocycles. The zero-order valence-corrected chi connectivity index (χ0v) is 14.9. The lowest BCUT2D eigenvalue weighted by Crippen LogP contribution is -2.09. The summed E-state index contributed by atoms with van der Waals surface area (Å²) in [6.07, 6.45) is 0. The van der Waals surface area contributed by atoms with Gasteiger partial charge in [0.25, 0.3) is 5.56 Å². The molecule has 2 aromatic heterocycles. The van der Waals surface area contributed by atoms with Crippen molar-refractivity contribution in [3.63, 3.8) is 0 Å². The van der Waals surface area contributed by atoms with Gasteiger partial charge >= 0.3 is 0 Å². The van der Waals surface area contributed by atoms with Gasteiger partial charge in [-0.05, 0) is 48.6 Å². The van der Waals surface area contributed by atoms with Crippen LogP contribution in [0.3, 0.4) is 0 Å². The molecule has 0 amide bonds. The van der Waals surface area contributed by atoms with Gasteiger partial charge in [0.15, 0.2) is 9.60 Å². The molecule has 0 saturated heterocycles. The third-order valence-corrected chi connectivity index (χ3v) is 5.18. The number of methoxy groups -OCH3 is 1. The van der Waals surface area contributed by atoms with E-state index < -0.39 is 0 Å². The van der Waals surface area contributed by atoms with E-state index in [4.69, 9.17) is 17.0 Å². The molecule has 0 radical (unpaired) electrons. The number of ether oxygens (including phenoxy) is 1. The minimum Gasteiger partial charge on any atom is -0.497 e. The average molecular weight is 367 g/mol. The fourth-order valence-corrected chi connectivity index (χ4v) is 3.88. The zero-order valence-electron chi connectivity index (χ0n) is 13.2. The van der Waals surface area contributed by atoms with Gasteiger partial charge in [-0.1, -0.05) is 29.5 Å². The van der Waals surface area contributed by atoms with Crippen LogP contribution in [-0.2, 0) is 0 Å². The predicted octanol–water partition coefficient (Wildman–Crippen LogP) is 4.18. The van der Waals surface area contributed by atoms with E-state index in [0.29, 0.717) is 20.1 Å². The highest BCUT2D eigenvalue weighted by Gasteiger charge is 2.14. The van der Waals surface area contributed by atoms with Crippen LogP contribution < -0.4 is 10.3 Å². The second-order valence-corrected chi connectivity index (χ2v) is 6.98. The molecule has 0 fully saturated rings. The second-order valence-electron chi connectivity index (χ2n) is 5.33. The third-order valence-electron chi connectivity index (χ3n) is 3.82. The second kappa shape index (κ2) is 6.27. The summed E-state index contributed by atoms with van der Waals surface area (Å²) in [5, 5.41) is 0. The minimum atomic E-state index is -0.193. The Morgan fingerprint density at radius 1 is 1.12 bits per heavy atom. The quantitative estimate of drug-likeness (QED) is 0.552. The molecule has 0 unspecified atom stereocenters. The maximum atomic E-state index is 12.5. The summed E-state index contributed by atoms with van der Waals surface area (Å²) >= 11 is 6.72. The van der Waals surface area contributed by atoms with E-state index in [1.807, 2.05) is 59.2 Å². The molecule has 1 N–H and O–H groups in total. The van der Waals surface area contributed by atoms with Crippen molar-refractivity contribution in [2.45, 2.75) is 0 Å². The normalized spacial score (nSPS) is 10.9. The van der Waals surface area contributed by atoms with Crippen molar-refractivity contribution in [1.29, 1.82) is 0 Å². The number of H-pyrrole nitrogens is 1. The van der Waals surface area contributed by atoms with E-state index in [1.165, 1.54) is 11.3 Å². The lowest BCUT2D eigenvalue weighted by atomic mass is 10.2.